The van der Waals surface area contributed by atoms with Crippen LogP contribution in [0.3, 0.4) is 0 Å². The number of esters is 1. The van der Waals surface area contributed by atoms with E-state index in [1.165, 1.54) is 7.11 Å². The summed E-state index contributed by atoms with van der Waals surface area (Å²) in [5, 5.41) is 10.2. The van der Waals surface area contributed by atoms with Gasteiger partial charge in [-0.2, -0.15) is 5.10 Å². The van der Waals surface area contributed by atoms with Crippen LogP contribution in [0.5, 0.6) is 5.75 Å². The lowest BCUT2D eigenvalue weighted by molar-refractivity contribution is -0.143. The quantitative estimate of drug-likeness (QED) is 0.677. The second-order valence-electron chi connectivity index (χ2n) is 6.23. The highest BCUT2D eigenvalue weighted by Crippen LogP contribution is 2.26. The van der Waals surface area contributed by atoms with Gasteiger partial charge in [0.2, 0.25) is 0 Å². The first-order valence-corrected chi connectivity index (χ1v) is 8.43. The van der Waals surface area contributed by atoms with E-state index in [-0.39, 0.29) is 5.69 Å². The van der Waals surface area contributed by atoms with Gasteiger partial charge in [-0.05, 0) is 36.6 Å². The molecular weight excluding hydrogens is 346 g/mol. The fourth-order valence-electron chi connectivity index (χ4n) is 2.90. The number of nitrogens with one attached hydrogen (secondary N) is 2. The summed E-state index contributed by atoms with van der Waals surface area (Å²) < 4.78 is 10.2. The van der Waals surface area contributed by atoms with Crippen LogP contribution < -0.4 is 10.1 Å². The predicted molar refractivity (Wildman–Crippen MR) is 101 cm³/mol. The molecule has 3 aromatic rings. The van der Waals surface area contributed by atoms with Crippen molar-refractivity contribution in [1.82, 2.24) is 15.5 Å². The second-order valence-corrected chi connectivity index (χ2v) is 6.23. The first-order chi connectivity index (χ1) is 13.0. The molecule has 1 amide bonds. The van der Waals surface area contributed by atoms with E-state index in [9.17, 15) is 9.59 Å². The van der Waals surface area contributed by atoms with E-state index in [4.69, 9.17) is 9.47 Å². The van der Waals surface area contributed by atoms with Crippen molar-refractivity contribution in [2.24, 2.45) is 0 Å². The Kier molecular flexibility index (Phi) is 5.12. The number of carbonyl (C=O) groups is 2. The number of benzene rings is 2. The van der Waals surface area contributed by atoms with E-state index in [1.54, 1.807) is 31.4 Å². The van der Waals surface area contributed by atoms with Gasteiger partial charge in [-0.15, -0.1) is 0 Å². The Bertz CT molecular complexity index is 1010. The van der Waals surface area contributed by atoms with E-state index in [1.807, 2.05) is 26.0 Å². The van der Waals surface area contributed by atoms with Crippen molar-refractivity contribution in [3.8, 4) is 5.75 Å². The molecule has 0 saturated carbocycles. The number of fused-ring (bicyclic) bond motifs is 1. The minimum atomic E-state index is -0.931. The molecule has 0 bridgehead atoms. The summed E-state index contributed by atoms with van der Waals surface area (Å²) in [6, 6.07) is 9.95. The van der Waals surface area contributed by atoms with E-state index in [0.717, 1.165) is 11.1 Å². The van der Waals surface area contributed by atoms with Crippen LogP contribution in [-0.4, -0.2) is 36.3 Å². The van der Waals surface area contributed by atoms with Crippen LogP contribution in [0.25, 0.3) is 10.9 Å². The van der Waals surface area contributed by atoms with Crippen LogP contribution in [-0.2, 0) is 9.53 Å². The van der Waals surface area contributed by atoms with Crippen molar-refractivity contribution >= 4 is 22.8 Å². The van der Waals surface area contributed by atoms with Gasteiger partial charge in [0, 0.05) is 5.39 Å². The third-order valence-electron chi connectivity index (χ3n) is 4.57. The maximum atomic E-state index is 12.8. The van der Waals surface area contributed by atoms with E-state index < -0.39 is 17.9 Å². The van der Waals surface area contributed by atoms with Crippen molar-refractivity contribution in [3.63, 3.8) is 0 Å². The number of carbonyl (C=O) groups excluding carboxylic acids is 2. The fraction of sp³-hybridized carbons (Fsp3) is 0.250. The van der Waals surface area contributed by atoms with E-state index >= 15 is 0 Å². The number of ether oxygens (including phenoxy) is 2. The molecule has 1 aromatic heterocycles. The molecule has 0 aliphatic carbocycles. The standard InChI is InChI=1S/C20H21N3O4/c1-11-8-9-13(10-12(11)2)16(20(25)27-4)21-19(24)18-14-6-5-7-15(26-3)17(14)22-23-18/h5-10,16H,1-4H3,(H,21,24)(H,22,23). The predicted octanol–water partition coefficient (Wildman–Crippen LogP) is 2.83. The van der Waals surface area contributed by atoms with Gasteiger partial charge in [0.25, 0.3) is 5.91 Å². The monoisotopic (exact) mass is 367 g/mol. The van der Waals surface area contributed by atoms with Crippen LogP contribution >= 0.6 is 0 Å². The zero-order valence-corrected chi connectivity index (χ0v) is 15.6. The number of aromatic nitrogens is 2. The van der Waals surface area contributed by atoms with Gasteiger partial charge in [0.1, 0.15) is 11.3 Å². The van der Waals surface area contributed by atoms with Gasteiger partial charge >= 0.3 is 5.97 Å². The molecule has 2 aromatic carbocycles. The smallest absolute Gasteiger partial charge is 0.333 e. The SMILES string of the molecule is COC(=O)C(NC(=O)c1n[nH]c2c(OC)cccc12)c1ccc(C)c(C)c1. The highest BCUT2D eigenvalue weighted by Gasteiger charge is 2.26. The molecule has 2 N–H and O–H groups in total. The summed E-state index contributed by atoms with van der Waals surface area (Å²) in [5.74, 6) is -0.454. The lowest BCUT2D eigenvalue weighted by Gasteiger charge is -2.17. The molecule has 1 atom stereocenters. The summed E-state index contributed by atoms with van der Waals surface area (Å²) >= 11 is 0. The molecule has 0 saturated heterocycles. The topological polar surface area (TPSA) is 93.3 Å². The normalized spacial score (nSPS) is 11.9. The maximum Gasteiger partial charge on any atom is 0.333 e. The molecule has 1 heterocycles. The fourth-order valence-corrected chi connectivity index (χ4v) is 2.90. The van der Waals surface area contributed by atoms with Crippen molar-refractivity contribution < 1.29 is 19.1 Å². The summed E-state index contributed by atoms with van der Waals surface area (Å²) in [4.78, 5) is 25.1. The van der Waals surface area contributed by atoms with Crippen molar-refractivity contribution in [1.29, 1.82) is 0 Å². The molecule has 0 radical (unpaired) electrons. The summed E-state index contributed by atoms with van der Waals surface area (Å²) in [7, 11) is 2.83. The molecule has 0 aliphatic rings. The molecule has 27 heavy (non-hydrogen) atoms. The Morgan fingerprint density at radius 1 is 1.11 bits per heavy atom. The van der Waals surface area contributed by atoms with Crippen LogP contribution in [0.2, 0.25) is 0 Å². The minimum absolute atomic E-state index is 0.182. The van der Waals surface area contributed by atoms with Gasteiger partial charge in [-0.25, -0.2) is 4.79 Å². The zero-order valence-electron chi connectivity index (χ0n) is 15.6. The molecule has 7 nitrogen and oxygen atoms in total. The molecule has 140 valence electrons. The number of hydrogen-bond donors (Lipinski definition) is 2. The number of hydrogen-bond acceptors (Lipinski definition) is 5. The largest absolute Gasteiger partial charge is 0.494 e. The molecule has 0 aliphatic heterocycles. The number of rotatable bonds is 5. The molecule has 0 fully saturated rings. The van der Waals surface area contributed by atoms with Gasteiger partial charge in [-0.1, -0.05) is 30.3 Å². The van der Waals surface area contributed by atoms with Crippen molar-refractivity contribution in [3.05, 3.63) is 58.8 Å². The lowest BCUT2D eigenvalue weighted by Crippen LogP contribution is -2.35. The second kappa shape index (κ2) is 7.49. The van der Waals surface area contributed by atoms with Gasteiger partial charge in [-0.3, -0.25) is 9.89 Å². The number of aromatic amines is 1. The van der Waals surface area contributed by atoms with E-state index in [2.05, 4.69) is 15.5 Å². The number of nitrogens with zero attached hydrogens (tertiary/aromatic N) is 1. The van der Waals surface area contributed by atoms with Crippen molar-refractivity contribution in [2.45, 2.75) is 19.9 Å². The Morgan fingerprint density at radius 3 is 2.56 bits per heavy atom. The summed E-state index contributed by atoms with van der Waals surface area (Å²) in [6.45, 7) is 3.93. The van der Waals surface area contributed by atoms with Gasteiger partial charge < -0.3 is 14.8 Å². The highest BCUT2D eigenvalue weighted by molar-refractivity contribution is 6.07. The number of amides is 1. The number of para-hydroxylation sites is 1. The molecule has 1 unspecified atom stereocenters. The van der Waals surface area contributed by atoms with Crippen LogP contribution in [0, 0.1) is 13.8 Å². The Labute approximate surface area is 156 Å². The van der Waals surface area contributed by atoms with Crippen molar-refractivity contribution in [2.75, 3.05) is 14.2 Å². The maximum absolute atomic E-state index is 12.8. The van der Waals surface area contributed by atoms with Crippen LogP contribution in [0.4, 0.5) is 0 Å². The van der Waals surface area contributed by atoms with Crippen LogP contribution in [0.1, 0.15) is 33.2 Å². The third-order valence-corrected chi connectivity index (χ3v) is 4.57. The first kappa shape index (κ1) is 18.4. The number of H-pyrrole nitrogens is 1. The number of methoxy groups -OCH3 is 2. The highest BCUT2D eigenvalue weighted by atomic mass is 16.5. The summed E-state index contributed by atoms with van der Waals surface area (Å²) in [5.41, 5.74) is 3.56. The Morgan fingerprint density at radius 2 is 1.89 bits per heavy atom. The third kappa shape index (κ3) is 3.48. The Balaban J connectivity index is 1.95. The molecule has 0 spiro atoms. The average molecular weight is 367 g/mol. The minimum Gasteiger partial charge on any atom is -0.494 e. The average Bonchev–Trinajstić information content (AvgIpc) is 3.12. The number of aryl methyl sites for hydroxylation is 2. The zero-order chi connectivity index (χ0) is 19.6. The first-order valence-electron chi connectivity index (χ1n) is 8.43. The van der Waals surface area contributed by atoms with Gasteiger partial charge in [0.05, 0.1) is 14.2 Å². The van der Waals surface area contributed by atoms with Gasteiger partial charge in [0.15, 0.2) is 11.7 Å². The Hall–Kier alpha value is -3.35. The molecule has 3 rings (SSSR count). The molecule has 7 heteroatoms. The van der Waals surface area contributed by atoms with Crippen LogP contribution in [0.15, 0.2) is 36.4 Å². The van der Waals surface area contributed by atoms with E-state index in [0.29, 0.717) is 22.2 Å². The lowest BCUT2D eigenvalue weighted by atomic mass is 10.0. The molecular formula is C20H21N3O4. The summed E-state index contributed by atoms with van der Waals surface area (Å²) in [6.07, 6.45) is 0.